The van der Waals surface area contributed by atoms with Crippen molar-refractivity contribution >= 4 is 5.91 Å². The second-order valence-electron chi connectivity index (χ2n) is 7.31. The van der Waals surface area contributed by atoms with Gasteiger partial charge in [0.15, 0.2) is 0 Å². The average molecular weight is 368 g/mol. The third-order valence-corrected chi connectivity index (χ3v) is 5.05. The lowest BCUT2D eigenvalue weighted by atomic mass is 9.90. The molecule has 0 bridgehead atoms. The summed E-state index contributed by atoms with van der Waals surface area (Å²) in [7, 11) is 0. The lowest BCUT2D eigenvalue weighted by Crippen LogP contribution is -2.57. The standard InChI is InChI=1S/C22H28N2O3/c1-16-4-3-5-18(14-16)15-27-20-8-6-19(7-9-20)17(2)24-21(25)22(23)10-12-26-13-11-22/h3-9,14,17H,10-13,15,23H2,1-2H3,(H,24,25). The smallest absolute Gasteiger partial charge is 0.240 e. The van der Waals surface area contributed by atoms with Gasteiger partial charge in [-0.3, -0.25) is 4.79 Å². The number of rotatable bonds is 6. The van der Waals surface area contributed by atoms with Gasteiger partial charge in [-0.05, 0) is 49.9 Å². The number of nitrogens with two attached hydrogens (primary N) is 1. The number of hydrogen-bond donors (Lipinski definition) is 2. The van der Waals surface area contributed by atoms with Gasteiger partial charge < -0.3 is 20.5 Å². The van der Waals surface area contributed by atoms with Gasteiger partial charge in [0, 0.05) is 13.2 Å². The first-order valence-electron chi connectivity index (χ1n) is 9.42. The van der Waals surface area contributed by atoms with E-state index >= 15 is 0 Å². The molecule has 3 rings (SSSR count). The van der Waals surface area contributed by atoms with Gasteiger partial charge in [-0.15, -0.1) is 0 Å². The van der Waals surface area contributed by atoms with Crippen LogP contribution in [0, 0.1) is 6.92 Å². The first-order chi connectivity index (χ1) is 13.0. The molecule has 5 heteroatoms. The van der Waals surface area contributed by atoms with Crippen molar-refractivity contribution in [2.75, 3.05) is 13.2 Å². The van der Waals surface area contributed by atoms with Crippen LogP contribution in [0.3, 0.4) is 0 Å². The number of amides is 1. The molecule has 0 spiro atoms. The van der Waals surface area contributed by atoms with Crippen LogP contribution in [-0.4, -0.2) is 24.7 Å². The molecule has 1 saturated heterocycles. The topological polar surface area (TPSA) is 73.6 Å². The fourth-order valence-electron chi connectivity index (χ4n) is 3.21. The van der Waals surface area contributed by atoms with Crippen LogP contribution in [0.25, 0.3) is 0 Å². The quantitative estimate of drug-likeness (QED) is 0.821. The summed E-state index contributed by atoms with van der Waals surface area (Å²) in [6, 6.07) is 16.0. The fourth-order valence-corrected chi connectivity index (χ4v) is 3.21. The van der Waals surface area contributed by atoms with E-state index in [-0.39, 0.29) is 11.9 Å². The molecule has 2 aromatic carbocycles. The van der Waals surface area contributed by atoms with E-state index in [9.17, 15) is 4.79 Å². The zero-order valence-corrected chi connectivity index (χ0v) is 16.0. The summed E-state index contributed by atoms with van der Waals surface area (Å²) >= 11 is 0. The van der Waals surface area contributed by atoms with Crippen molar-refractivity contribution in [1.29, 1.82) is 0 Å². The number of carbonyl (C=O) groups is 1. The molecule has 1 amide bonds. The van der Waals surface area contributed by atoms with Gasteiger partial charge in [-0.2, -0.15) is 0 Å². The van der Waals surface area contributed by atoms with E-state index in [0.29, 0.717) is 32.7 Å². The minimum absolute atomic E-state index is 0.113. The van der Waals surface area contributed by atoms with Gasteiger partial charge >= 0.3 is 0 Å². The first kappa shape index (κ1) is 19.4. The molecule has 2 aromatic rings. The van der Waals surface area contributed by atoms with Gasteiger partial charge in [-0.1, -0.05) is 42.0 Å². The molecule has 0 radical (unpaired) electrons. The highest BCUT2D eigenvalue weighted by molar-refractivity contribution is 5.86. The minimum atomic E-state index is -0.830. The molecule has 1 atom stereocenters. The van der Waals surface area contributed by atoms with Crippen molar-refractivity contribution in [1.82, 2.24) is 5.32 Å². The van der Waals surface area contributed by atoms with Crippen molar-refractivity contribution in [2.24, 2.45) is 5.73 Å². The Bertz CT molecular complexity index is 767. The second-order valence-corrected chi connectivity index (χ2v) is 7.31. The lowest BCUT2D eigenvalue weighted by molar-refractivity contribution is -0.130. The molecule has 27 heavy (non-hydrogen) atoms. The Morgan fingerprint density at radius 2 is 1.93 bits per heavy atom. The van der Waals surface area contributed by atoms with E-state index < -0.39 is 5.54 Å². The van der Waals surface area contributed by atoms with E-state index in [1.165, 1.54) is 5.56 Å². The van der Waals surface area contributed by atoms with Crippen LogP contribution in [-0.2, 0) is 16.1 Å². The van der Waals surface area contributed by atoms with Crippen molar-refractivity contribution < 1.29 is 14.3 Å². The van der Waals surface area contributed by atoms with E-state index in [2.05, 4.69) is 30.4 Å². The normalized spacial score (nSPS) is 17.1. The van der Waals surface area contributed by atoms with E-state index in [0.717, 1.165) is 16.9 Å². The molecule has 1 fully saturated rings. The molecular formula is C22H28N2O3. The monoisotopic (exact) mass is 368 g/mol. The lowest BCUT2D eigenvalue weighted by Gasteiger charge is -2.33. The van der Waals surface area contributed by atoms with Crippen LogP contribution in [0.1, 0.15) is 42.5 Å². The molecule has 3 N–H and O–H groups in total. The molecule has 1 unspecified atom stereocenters. The molecule has 0 aromatic heterocycles. The molecule has 1 heterocycles. The van der Waals surface area contributed by atoms with Crippen LogP contribution in [0.4, 0.5) is 0 Å². The number of carbonyl (C=O) groups excluding carboxylic acids is 1. The average Bonchev–Trinajstić information content (AvgIpc) is 2.67. The molecule has 0 aliphatic carbocycles. The number of benzene rings is 2. The highest BCUT2D eigenvalue weighted by atomic mass is 16.5. The summed E-state index contributed by atoms with van der Waals surface area (Å²) < 4.78 is 11.2. The van der Waals surface area contributed by atoms with E-state index in [1.54, 1.807) is 0 Å². The van der Waals surface area contributed by atoms with Gasteiger partial charge in [0.1, 0.15) is 12.4 Å². The summed E-state index contributed by atoms with van der Waals surface area (Å²) in [6.45, 7) is 5.63. The van der Waals surface area contributed by atoms with Gasteiger partial charge in [-0.25, -0.2) is 0 Å². The minimum Gasteiger partial charge on any atom is -0.489 e. The van der Waals surface area contributed by atoms with Crippen LogP contribution >= 0.6 is 0 Å². The van der Waals surface area contributed by atoms with Crippen LogP contribution in [0.2, 0.25) is 0 Å². The van der Waals surface area contributed by atoms with Crippen molar-refractivity contribution in [3.8, 4) is 5.75 Å². The first-order valence-corrected chi connectivity index (χ1v) is 9.42. The predicted molar refractivity (Wildman–Crippen MR) is 105 cm³/mol. The summed E-state index contributed by atoms with van der Waals surface area (Å²) in [5.74, 6) is 0.691. The number of hydrogen-bond acceptors (Lipinski definition) is 4. The Balaban J connectivity index is 1.55. The Morgan fingerprint density at radius 3 is 2.59 bits per heavy atom. The Labute approximate surface area is 160 Å². The Kier molecular flexibility index (Phi) is 6.14. The highest BCUT2D eigenvalue weighted by Crippen LogP contribution is 2.22. The predicted octanol–water partition coefficient (Wildman–Crippen LogP) is 3.26. The zero-order chi connectivity index (χ0) is 19.3. The van der Waals surface area contributed by atoms with Crippen molar-refractivity contribution in [3.63, 3.8) is 0 Å². The largest absolute Gasteiger partial charge is 0.489 e. The fraction of sp³-hybridized carbons (Fsp3) is 0.409. The van der Waals surface area contributed by atoms with Crippen LogP contribution in [0.15, 0.2) is 48.5 Å². The summed E-state index contributed by atoms with van der Waals surface area (Å²) in [5, 5.41) is 3.03. The molecule has 0 saturated carbocycles. The molecule has 144 valence electrons. The third kappa shape index (κ3) is 5.08. The zero-order valence-electron chi connectivity index (χ0n) is 16.0. The number of ether oxygens (including phenoxy) is 2. The maximum absolute atomic E-state index is 12.5. The van der Waals surface area contributed by atoms with E-state index in [4.69, 9.17) is 15.2 Å². The molecule has 1 aliphatic heterocycles. The van der Waals surface area contributed by atoms with Crippen molar-refractivity contribution in [3.05, 3.63) is 65.2 Å². The molecule has 1 aliphatic rings. The summed E-state index contributed by atoms with van der Waals surface area (Å²) in [5.41, 5.74) is 8.80. The van der Waals surface area contributed by atoms with Gasteiger partial charge in [0.2, 0.25) is 5.91 Å². The molecule has 5 nitrogen and oxygen atoms in total. The highest BCUT2D eigenvalue weighted by Gasteiger charge is 2.36. The SMILES string of the molecule is Cc1cccc(COc2ccc(C(C)NC(=O)C3(N)CCOCC3)cc2)c1. The van der Waals surface area contributed by atoms with Gasteiger partial charge in [0.25, 0.3) is 0 Å². The summed E-state index contributed by atoms with van der Waals surface area (Å²) in [6.07, 6.45) is 1.11. The Hall–Kier alpha value is -2.37. The van der Waals surface area contributed by atoms with E-state index in [1.807, 2.05) is 37.3 Å². The maximum atomic E-state index is 12.5. The maximum Gasteiger partial charge on any atom is 0.240 e. The number of nitrogens with one attached hydrogen (secondary N) is 1. The van der Waals surface area contributed by atoms with Crippen LogP contribution in [0.5, 0.6) is 5.75 Å². The number of aryl methyl sites for hydroxylation is 1. The summed E-state index contributed by atoms with van der Waals surface area (Å²) in [4.78, 5) is 12.5. The third-order valence-electron chi connectivity index (χ3n) is 5.05. The molecular weight excluding hydrogens is 340 g/mol. The van der Waals surface area contributed by atoms with Crippen molar-refractivity contribution in [2.45, 2.75) is 44.9 Å². The van der Waals surface area contributed by atoms with Gasteiger partial charge in [0.05, 0.1) is 11.6 Å². The Morgan fingerprint density at radius 1 is 1.22 bits per heavy atom. The van der Waals surface area contributed by atoms with Crippen LogP contribution < -0.4 is 15.8 Å². The second kappa shape index (κ2) is 8.55.